The summed E-state index contributed by atoms with van der Waals surface area (Å²) in [6.45, 7) is 1.42. The van der Waals surface area contributed by atoms with E-state index in [1.165, 1.54) is 11.3 Å². The zero-order chi connectivity index (χ0) is 25.2. The Balaban J connectivity index is 0.00000320. The molecule has 1 N–H and O–H groups in total. The van der Waals surface area contributed by atoms with Crippen molar-refractivity contribution >= 4 is 40.4 Å². The molecule has 1 aliphatic rings. The summed E-state index contributed by atoms with van der Waals surface area (Å²) in [4.78, 5) is 12.5. The van der Waals surface area contributed by atoms with Crippen LogP contribution in [0.3, 0.4) is 0 Å². The smallest absolute Gasteiger partial charge is 0.221 e. The number of halogens is 1. The van der Waals surface area contributed by atoms with E-state index < -0.39 is 6.10 Å². The van der Waals surface area contributed by atoms with Gasteiger partial charge in [0, 0.05) is 34.1 Å². The monoisotopic (exact) mass is 537 g/mol. The first kappa shape index (κ1) is 26.4. The number of aromatic nitrogens is 1. The molecule has 1 aliphatic carbocycles. The number of H-pyrrole nitrogens is 1. The third kappa shape index (κ3) is 4.98. The molecule has 2 heterocycles. The lowest BCUT2D eigenvalue weighted by atomic mass is 10.1. The Hall–Kier alpha value is -3.64. The maximum absolute atomic E-state index is 6.01. The summed E-state index contributed by atoms with van der Waals surface area (Å²) < 4.78 is 17.2. The van der Waals surface area contributed by atoms with Crippen LogP contribution >= 0.6 is 23.7 Å². The third-order valence-electron chi connectivity index (χ3n) is 6.06. The topological polar surface area (TPSA) is 68.3 Å². The average Bonchev–Trinajstić information content (AvgIpc) is 3.60. The number of ether oxygens (including phenoxy) is 3. The number of fused-ring (bicyclic) bond motifs is 5. The second kappa shape index (κ2) is 11.2. The van der Waals surface area contributed by atoms with Crippen LogP contribution in [0, 0.1) is 12.3 Å². The number of hydrogen-bond acceptors (Lipinski definition) is 7. The predicted octanol–water partition coefficient (Wildman–Crippen LogP) is 5.73. The zero-order valence-corrected chi connectivity index (χ0v) is 22.7. The molecule has 1 unspecified atom stereocenters. The summed E-state index contributed by atoms with van der Waals surface area (Å²) in [5.74, 6) is 4.73. The van der Waals surface area contributed by atoms with Gasteiger partial charge in [0.15, 0.2) is 11.5 Å². The second-order valence-corrected chi connectivity index (χ2v) is 9.57. The molecule has 192 valence electrons. The predicted molar refractivity (Wildman–Crippen MR) is 151 cm³/mol. The minimum atomic E-state index is -0.583. The number of benzene rings is 2. The standard InChI is InChI=1S/C28H27N3O4S.ClH/c1-6-22(25-8-7-13-36-25)35-30-28-19-16-24(33-5)23(32-4)15-18(19)27-26(28)20-14-17(9-10-21(20)29-27)34-12-11-31(2)3;/h1,7-10,13-16,22,29H,11-12H2,2-5H3;1H. The highest BCUT2D eigenvalue weighted by atomic mass is 35.5. The lowest BCUT2D eigenvalue weighted by molar-refractivity contribution is 0.103. The minimum absolute atomic E-state index is 0. The van der Waals surface area contributed by atoms with Gasteiger partial charge in [-0.05, 0) is 55.9 Å². The van der Waals surface area contributed by atoms with Crippen LogP contribution in [-0.4, -0.2) is 57.1 Å². The van der Waals surface area contributed by atoms with Crippen molar-refractivity contribution in [3.05, 3.63) is 63.8 Å². The van der Waals surface area contributed by atoms with Gasteiger partial charge in [0.25, 0.3) is 0 Å². The fraction of sp³-hybridized carbons (Fsp3) is 0.250. The SMILES string of the molecule is C#CC(ON=C1c2cc(OC)c(OC)cc2-c2[nH]c3ccc(OCCN(C)C)cc3c21)c1cccs1.Cl. The van der Waals surface area contributed by atoms with Crippen molar-refractivity contribution < 1.29 is 19.0 Å². The number of likely N-dealkylation sites (N-methyl/N-ethyl adjacent to an activating group) is 1. The van der Waals surface area contributed by atoms with Crippen LogP contribution in [0.5, 0.6) is 17.2 Å². The highest BCUT2D eigenvalue weighted by Crippen LogP contribution is 2.46. The second-order valence-electron chi connectivity index (χ2n) is 8.59. The van der Waals surface area contributed by atoms with E-state index in [0.29, 0.717) is 23.8 Å². The summed E-state index contributed by atoms with van der Waals surface area (Å²) >= 11 is 1.54. The number of hydrogen-bond donors (Lipinski definition) is 1. The Morgan fingerprint density at radius 2 is 1.84 bits per heavy atom. The van der Waals surface area contributed by atoms with Crippen LogP contribution in [0.2, 0.25) is 0 Å². The van der Waals surface area contributed by atoms with Crippen molar-refractivity contribution in [1.82, 2.24) is 9.88 Å². The molecule has 9 heteroatoms. The van der Waals surface area contributed by atoms with Gasteiger partial charge in [0.2, 0.25) is 6.10 Å². The summed E-state index contributed by atoms with van der Waals surface area (Å²) in [6.07, 6.45) is 5.20. The largest absolute Gasteiger partial charge is 0.493 e. The molecule has 0 amide bonds. The van der Waals surface area contributed by atoms with E-state index in [4.69, 9.17) is 25.5 Å². The van der Waals surface area contributed by atoms with Crippen LogP contribution in [0.1, 0.15) is 22.1 Å². The normalized spacial score (nSPS) is 13.6. The quantitative estimate of drug-likeness (QED) is 0.192. The molecular formula is C28H28ClN3O4S. The first-order valence-electron chi connectivity index (χ1n) is 11.5. The molecule has 0 saturated heterocycles. The van der Waals surface area contributed by atoms with Crippen LogP contribution in [-0.2, 0) is 4.84 Å². The van der Waals surface area contributed by atoms with Gasteiger partial charge >= 0.3 is 0 Å². The molecule has 5 rings (SSSR count). The van der Waals surface area contributed by atoms with E-state index in [1.807, 2.05) is 61.9 Å². The van der Waals surface area contributed by atoms with Gasteiger partial charge in [-0.25, -0.2) is 0 Å². The first-order valence-corrected chi connectivity index (χ1v) is 12.4. The molecule has 0 aliphatic heterocycles. The number of rotatable bonds is 9. The van der Waals surface area contributed by atoms with Gasteiger partial charge in [-0.15, -0.1) is 30.2 Å². The Kier molecular flexibility index (Phi) is 7.98. The third-order valence-corrected chi connectivity index (χ3v) is 6.98. The van der Waals surface area contributed by atoms with E-state index in [0.717, 1.165) is 50.5 Å². The lowest BCUT2D eigenvalue weighted by Gasteiger charge is -2.12. The van der Waals surface area contributed by atoms with Crippen molar-refractivity contribution in [3.8, 4) is 40.8 Å². The Bertz CT molecular complexity index is 1470. The van der Waals surface area contributed by atoms with E-state index in [-0.39, 0.29) is 12.4 Å². The van der Waals surface area contributed by atoms with Crippen LogP contribution in [0.4, 0.5) is 0 Å². The number of nitrogens with one attached hydrogen (secondary N) is 1. The van der Waals surface area contributed by atoms with Crippen molar-refractivity contribution in [3.63, 3.8) is 0 Å². The van der Waals surface area contributed by atoms with E-state index in [9.17, 15) is 0 Å². The van der Waals surface area contributed by atoms with E-state index in [2.05, 4.69) is 21.0 Å². The fourth-order valence-electron chi connectivity index (χ4n) is 4.28. The molecule has 2 aromatic heterocycles. The van der Waals surface area contributed by atoms with Crippen LogP contribution in [0.15, 0.2) is 53.0 Å². The van der Waals surface area contributed by atoms with E-state index in [1.54, 1.807) is 14.2 Å². The number of oxime groups is 1. The summed E-state index contributed by atoms with van der Waals surface area (Å²) in [7, 11) is 7.28. The Morgan fingerprint density at radius 1 is 1.08 bits per heavy atom. The van der Waals surface area contributed by atoms with Gasteiger partial charge in [-0.2, -0.15) is 0 Å². The molecule has 1 atom stereocenters. The number of aromatic amines is 1. The van der Waals surface area contributed by atoms with Crippen molar-refractivity contribution in [1.29, 1.82) is 0 Å². The van der Waals surface area contributed by atoms with Crippen LogP contribution < -0.4 is 14.2 Å². The maximum Gasteiger partial charge on any atom is 0.221 e. The average molecular weight is 538 g/mol. The van der Waals surface area contributed by atoms with Crippen molar-refractivity contribution in [2.75, 3.05) is 41.5 Å². The molecule has 0 saturated carbocycles. The van der Waals surface area contributed by atoms with Gasteiger partial charge < -0.3 is 28.9 Å². The van der Waals surface area contributed by atoms with Crippen molar-refractivity contribution in [2.45, 2.75) is 6.10 Å². The molecule has 0 spiro atoms. The van der Waals surface area contributed by atoms with Gasteiger partial charge in [-0.1, -0.05) is 17.1 Å². The molecular weight excluding hydrogens is 510 g/mol. The van der Waals surface area contributed by atoms with Crippen LogP contribution in [0.25, 0.3) is 22.2 Å². The molecule has 2 aromatic carbocycles. The first-order chi connectivity index (χ1) is 17.5. The summed E-state index contributed by atoms with van der Waals surface area (Å²) in [6, 6.07) is 13.8. The molecule has 37 heavy (non-hydrogen) atoms. The maximum atomic E-state index is 6.01. The number of methoxy groups -OCH3 is 2. The Morgan fingerprint density at radius 3 is 2.49 bits per heavy atom. The molecule has 4 aromatic rings. The Labute approximate surface area is 226 Å². The molecule has 0 radical (unpaired) electrons. The van der Waals surface area contributed by atoms with Gasteiger partial charge in [-0.3, -0.25) is 0 Å². The van der Waals surface area contributed by atoms with Gasteiger partial charge in [0.05, 0.1) is 24.8 Å². The number of thiophene rings is 1. The summed E-state index contributed by atoms with van der Waals surface area (Å²) in [5.41, 5.74) is 5.33. The number of terminal acetylenes is 1. The number of nitrogens with zero attached hydrogens (tertiary/aromatic N) is 2. The fourth-order valence-corrected chi connectivity index (χ4v) is 4.98. The van der Waals surface area contributed by atoms with E-state index >= 15 is 0 Å². The molecule has 0 fully saturated rings. The van der Waals surface area contributed by atoms with Gasteiger partial charge in [0.1, 0.15) is 18.1 Å². The zero-order valence-electron chi connectivity index (χ0n) is 21.0. The highest BCUT2D eigenvalue weighted by molar-refractivity contribution is 7.10. The molecule has 0 bridgehead atoms. The highest BCUT2D eigenvalue weighted by Gasteiger charge is 2.32. The molecule has 7 nitrogen and oxygen atoms in total. The van der Waals surface area contributed by atoms with Crippen molar-refractivity contribution in [2.24, 2.45) is 5.16 Å². The minimum Gasteiger partial charge on any atom is -0.493 e. The lowest BCUT2D eigenvalue weighted by Crippen LogP contribution is -2.19. The summed E-state index contributed by atoms with van der Waals surface area (Å²) in [5, 5.41) is 7.57.